The van der Waals surface area contributed by atoms with Crippen molar-refractivity contribution in [2.45, 2.75) is 55.4 Å². The highest BCUT2D eigenvalue weighted by Crippen LogP contribution is 2.38. The SMILES string of the molecule is Cc1c(-c2ccc(-c3c(C)c(C)c(C)[c-]3C)cc2)c(C)[c-](C)c1C. The van der Waals surface area contributed by atoms with Crippen molar-refractivity contribution in [1.29, 1.82) is 0 Å². The van der Waals surface area contributed by atoms with Crippen molar-refractivity contribution in [3.63, 3.8) is 0 Å². The van der Waals surface area contributed by atoms with Gasteiger partial charge in [0.1, 0.15) is 0 Å². The first-order valence-electron chi connectivity index (χ1n) is 8.82. The molecule has 0 bridgehead atoms. The van der Waals surface area contributed by atoms with Crippen molar-refractivity contribution in [2.75, 3.05) is 0 Å². The third kappa shape index (κ3) is 2.28. The minimum atomic E-state index is 1.33. The van der Waals surface area contributed by atoms with Gasteiger partial charge in [0.05, 0.1) is 0 Å². The van der Waals surface area contributed by atoms with Gasteiger partial charge in [0.25, 0.3) is 0 Å². The summed E-state index contributed by atoms with van der Waals surface area (Å²) >= 11 is 0. The van der Waals surface area contributed by atoms with E-state index >= 15 is 0 Å². The van der Waals surface area contributed by atoms with Gasteiger partial charge in [-0.25, -0.2) is 0 Å². The first-order valence-corrected chi connectivity index (χ1v) is 8.82. The molecule has 3 aromatic carbocycles. The fraction of sp³-hybridized carbons (Fsp3) is 0.333. The topological polar surface area (TPSA) is 0 Å². The number of hydrogen-bond donors (Lipinski definition) is 0. The van der Waals surface area contributed by atoms with Crippen molar-refractivity contribution in [1.82, 2.24) is 0 Å². The maximum atomic E-state index is 2.29. The van der Waals surface area contributed by atoms with Crippen LogP contribution in [0.3, 0.4) is 0 Å². The zero-order valence-electron chi connectivity index (χ0n) is 16.3. The van der Waals surface area contributed by atoms with Crippen LogP contribution in [0, 0.1) is 55.4 Å². The maximum Gasteiger partial charge on any atom is -0.0574 e. The summed E-state index contributed by atoms with van der Waals surface area (Å²) in [6.07, 6.45) is 0. The maximum absolute atomic E-state index is 2.29. The molecule has 0 heteroatoms. The average Bonchev–Trinajstić information content (AvgIpc) is 2.88. The first kappa shape index (κ1) is 16.8. The van der Waals surface area contributed by atoms with Gasteiger partial charge in [-0.15, -0.1) is 16.7 Å². The normalized spacial score (nSPS) is 11.3. The minimum absolute atomic E-state index is 1.33. The van der Waals surface area contributed by atoms with Gasteiger partial charge in [-0.05, 0) is 0 Å². The summed E-state index contributed by atoms with van der Waals surface area (Å²) in [5.41, 5.74) is 16.9. The number of hydrogen-bond acceptors (Lipinski definition) is 0. The number of benzene rings is 1. The summed E-state index contributed by atoms with van der Waals surface area (Å²) in [6, 6.07) is 9.17. The van der Waals surface area contributed by atoms with E-state index in [4.69, 9.17) is 0 Å². The third-order valence-corrected chi connectivity index (χ3v) is 6.34. The van der Waals surface area contributed by atoms with E-state index in [-0.39, 0.29) is 0 Å². The van der Waals surface area contributed by atoms with E-state index in [1.165, 1.54) is 66.8 Å². The van der Waals surface area contributed by atoms with Gasteiger partial charge in [-0.2, -0.15) is 38.9 Å². The van der Waals surface area contributed by atoms with E-state index in [1.807, 2.05) is 0 Å². The second kappa shape index (κ2) is 5.77. The Hall–Kier alpha value is -2.08. The summed E-state index contributed by atoms with van der Waals surface area (Å²) in [5.74, 6) is 0. The Labute approximate surface area is 146 Å². The lowest BCUT2D eigenvalue weighted by Gasteiger charge is -2.18. The Bertz CT molecular complexity index is 780. The van der Waals surface area contributed by atoms with E-state index in [2.05, 4.69) is 79.7 Å². The van der Waals surface area contributed by atoms with Crippen LogP contribution in [0.15, 0.2) is 24.3 Å². The van der Waals surface area contributed by atoms with Crippen LogP contribution in [-0.2, 0) is 0 Å². The molecule has 0 spiro atoms. The molecule has 0 saturated carbocycles. The fourth-order valence-electron chi connectivity index (χ4n) is 4.11. The lowest BCUT2D eigenvalue weighted by molar-refractivity contribution is 1.32. The van der Waals surface area contributed by atoms with Crippen LogP contribution in [0.5, 0.6) is 0 Å². The van der Waals surface area contributed by atoms with Crippen molar-refractivity contribution >= 4 is 0 Å². The zero-order valence-corrected chi connectivity index (χ0v) is 16.3. The molecule has 0 heterocycles. The van der Waals surface area contributed by atoms with Gasteiger partial charge in [0, 0.05) is 0 Å². The van der Waals surface area contributed by atoms with Crippen LogP contribution >= 0.6 is 0 Å². The lowest BCUT2D eigenvalue weighted by Crippen LogP contribution is -1.85. The molecule has 3 aromatic rings. The van der Waals surface area contributed by atoms with E-state index in [0.29, 0.717) is 0 Å². The highest BCUT2D eigenvalue weighted by Gasteiger charge is 2.07. The molecule has 126 valence electrons. The van der Waals surface area contributed by atoms with Crippen LogP contribution < -0.4 is 0 Å². The molecule has 0 aliphatic carbocycles. The molecular weight excluding hydrogens is 288 g/mol. The molecule has 0 radical (unpaired) electrons. The Morgan fingerprint density at radius 3 is 1.46 bits per heavy atom. The second-order valence-corrected chi connectivity index (χ2v) is 7.33. The zero-order chi connectivity index (χ0) is 17.8. The van der Waals surface area contributed by atoms with Crippen LogP contribution in [0.2, 0.25) is 0 Å². The van der Waals surface area contributed by atoms with Gasteiger partial charge in [0.15, 0.2) is 0 Å². The first-order chi connectivity index (χ1) is 11.3. The molecule has 0 saturated heterocycles. The third-order valence-electron chi connectivity index (χ3n) is 6.34. The smallest absolute Gasteiger partial charge is 0.0574 e. The van der Waals surface area contributed by atoms with Crippen LogP contribution in [0.25, 0.3) is 22.3 Å². The Morgan fingerprint density at radius 1 is 0.542 bits per heavy atom. The van der Waals surface area contributed by atoms with E-state index in [1.54, 1.807) is 0 Å². The predicted octanol–water partition coefficient (Wildman–Crippen LogP) is 6.93. The van der Waals surface area contributed by atoms with E-state index in [0.717, 1.165) is 0 Å². The predicted molar refractivity (Wildman–Crippen MR) is 106 cm³/mol. The van der Waals surface area contributed by atoms with Crippen LogP contribution in [0.4, 0.5) is 0 Å². The van der Waals surface area contributed by atoms with Crippen molar-refractivity contribution in [3.8, 4) is 22.3 Å². The molecule has 0 aliphatic rings. The molecule has 0 nitrogen and oxygen atoms in total. The Kier molecular flexibility index (Phi) is 4.03. The van der Waals surface area contributed by atoms with Gasteiger partial charge in [0.2, 0.25) is 0 Å². The fourth-order valence-corrected chi connectivity index (χ4v) is 4.11. The summed E-state index contributed by atoms with van der Waals surface area (Å²) in [7, 11) is 0. The molecule has 0 N–H and O–H groups in total. The van der Waals surface area contributed by atoms with Crippen LogP contribution in [0.1, 0.15) is 44.5 Å². The Balaban J connectivity index is 2.11. The molecule has 0 aliphatic heterocycles. The van der Waals surface area contributed by atoms with Crippen molar-refractivity contribution in [2.24, 2.45) is 0 Å². The monoisotopic (exact) mass is 316 g/mol. The minimum Gasteiger partial charge on any atom is -0.191 e. The molecule has 24 heavy (non-hydrogen) atoms. The van der Waals surface area contributed by atoms with Gasteiger partial charge in [-0.3, -0.25) is 0 Å². The summed E-state index contributed by atoms with van der Waals surface area (Å²) in [5, 5.41) is 0. The Morgan fingerprint density at radius 2 is 1.04 bits per heavy atom. The lowest BCUT2D eigenvalue weighted by atomic mass is 9.96. The van der Waals surface area contributed by atoms with Gasteiger partial charge >= 0.3 is 0 Å². The highest BCUT2D eigenvalue weighted by molar-refractivity contribution is 5.80. The van der Waals surface area contributed by atoms with Gasteiger partial charge < -0.3 is 0 Å². The molecule has 0 fully saturated rings. The molecule has 0 aromatic heterocycles. The average molecular weight is 316 g/mol. The summed E-state index contributed by atoms with van der Waals surface area (Å²) in [4.78, 5) is 0. The number of rotatable bonds is 2. The molecule has 3 rings (SSSR count). The molecule has 0 atom stereocenters. The quantitative estimate of drug-likeness (QED) is 0.450. The van der Waals surface area contributed by atoms with E-state index in [9.17, 15) is 0 Å². The highest BCUT2D eigenvalue weighted by atomic mass is 14.2. The molecule has 0 amide bonds. The van der Waals surface area contributed by atoms with Crippen molar-refractivity contribution in [3.05, 3.63) is 68.8 Å². The largest absolute Gasteiger partial charge is 0.191 e. The molecular formula is C24H28-2. The van der Waals surface area contributed by atoms with Crippen LogP contribution in [-0.4, -0.2) is 0 Å². The van der Waals surface area contributed by atoms with Crippen molar-refractivity contribution < 1.29 is 0 Å². The summed E-state index contributed by atoms with van der Waals surface area (Å²) in [6.45, 7) is 17.9. The standard InChI is InChI=1S/C24H28/c1-13-14(2)18(6)23(17(13)5)21-9-11-22(12-10-21)24-19(7)15(3)16(4)20(24)8/h9-12H,1-8H3/q-2. The molecule has 0 unspecified atom stereocenters. The second-order valence-electron chi connectivity index (χ2n) is 7.33. The van der Waals surface area contributed by atoms with E-state index < -0.39 is 0 Å². The summed E-state index contributed by atoms with van der Waals surface area (Å²) < 4.78 is 0. The van der Waals surface area contributed by atoms with Gasteiger partial charge in [-0.1, -0.05) is 90.8 Å².